The monoisotopic (exact) mass is 280 g/mol. The highest BCUT2D eigenvalue weighted by molar-refractivity contribution is 5.50. The highest BCUT2D eigenvalue weighted by Crippen LogP contribution is 2.38. The molecule has 1 N–H and O–H groups in total. The van der Waals surface area contributed by atoms with E-state index in [0.29, 0.717) is 18.1 Å². The summed E-state index contributed by atoms with van der Waals surface area (Å²) in [4.78, 5) is 2.33. The quantitative estimate of drug-likeness (QED) is 0.912. The highest BCUT2D eigenvalue weighted by atomic mass is 19.2. The molecule has 3 rings (SSSR count). The zero-order chi connectivity index (χ0) is 14.1. The number of nitrogens with zero attached hydrogens (tertiary/aromatic N) is 1. The fraction of sp³-hybridized carbons (Fsp3) is 0.625. The molecule has 2 unspecified atom stereocenters. The highest BCUT2D eigenvalue weighted by Gasteiger charge is 2.38. The molecular formula is C16H22F2N2. The van der Waals surface area contributed by atoms with E-state index >= 15 is 0 Å². The van der Waals surface area contributed by atoms with Gasteiger partial charge in [0.05, 0.1) is 0 Å². The number of nitrogens with one attached hydrogen (secondary N) is 1. The number of hydrogen-bond acceptors (Lipinski definition) is 2. The normalized spacial score (nSPS) is 29.6. The van der Waals surface area contributed by atoms with E-state index < -0.39 is 11.6 Å². The lowest BCUT2D eigenvalue weighted by atomic mass is 9.81. The summed E-state index contributed by atoms with van der Waals surface area (Å²) in [5.74, 6) is -1.50. The molecule has 2 nitrogen and oxygen atoms in total. The maximum absolute atomic E-state index is 13.5. The average molecular weight is 280 g/mol. The summed E-state index contributed by atoms with van der Waals surface area (Å²) in [5, 5.41) is 3.54. The molecule has 110 valence electrons. The molecule has 2 atom stereocenters. The van der Waals surface area contributed by atoms with E-state index in [1.165, 1.54) is 18.6 Å². The Balaban J connectivity index is 1.84. The van der Waals surface area contributed by atoms with E-state index in [2.05, 4.69) is 17.1 Å². The minimum atomic E-state index is -0.763. The maximum Gasteiger partial charge on any atom is 0.160 e. The van der Waals surface area contributed by atoms with Gasteiger partial charge in [-0.25, -0.2) is 8.78 Å². The van der Waals surface area contributed by atoms with Crippen molar-refractivity contribution in [3.05, 3.63) is 29.8 Å². The molecule has 2 saturated heterocycles. The van der Waals surface area contributed by atoms with E-state index in [-0.39, 0.29) is 0 Å². The fourth-order valence-corrected chi connectivity index (χ4v) is 3.90. The number of anilines is 1. The fourth-order valence-electron chi connectivity index (χ4n) is 3.90. The number of benzene rings is 1. The third-order valence-corrected chi connectivity index (χ3v) is 4.67. The van der Waals surface area contributed by atoms with Gasteiger partial charge in [-0.1, -0.05) is 6.92 Å². The number of piperidine rings is 2. The van der Waals surface area contributed by atoms with Gasteiger partial charge in [0.2, 0.25) is 0 Å². The van der Waals surface area contributed by atoms with Crippen LogP contribution >= 0.6 is 0 Å². The van der Waals surface area contributed by atoms with Gasteiger partial charge in [-0.2, -0.15) is 0 Å². The summed E-state index contributed by atoms with van der Waals surface area (Å²) in [6.07, 6.45) is 5.75. The van der Waals surface area contributed by atoms with Crippen molar-refractivity contribution >= 4 is 5.69 Å². The van der Waals surface area contributed by atoms with Crippen LogP contribution in [-0.4, -0.2) is 24.7 Å². The van der Waals surface area contributed by atoms with E-state index in [1.807, 2.05) is 0 Å². The summed E-state index contributed by atoms with van der Waals surface area (Å²) in [7, 11) is 0. The molecule has 20 heavy (non-hydrogen) atoms. The van der Waals surface area contributed by atoms with Crippen LogP contribution < -0.4 is 10.2 Å². The molecule has 0 amide bonds. The molecule has 0 radical (unpaired) electrons. The Morgan fingerprint density at radius 1 is 1.15 bits per heavy atom. The molecule has 0 aliphatic carbocycles. The van der Waals surface area contributed by atoms with Crippen LogP contribution in [-0.2, 0) is 0 Å². The second-order valence-corrected chi connectivity index (χ2v) is 5.97. The molecule has 2 fully saturated rings. The number of halogens is 2. The van der Waals surface area contributed by atoms with Crippen molar-refractivity contribution in [3.8, 4) is 0 Å². The molecule has 1 aromatic carbocycles. The van der Waals surface area contributed by atoms with Gasteiger partial charge in [-0.05, 0) is 50.8 Å². The average Bonchev–Trinajstić information content (AvgIpc) is 2.41. The van der Waals surface area contributed by atoms with Crippen LogP contribution in [0.15, 0.2) is 18.2 Å². The lowest BCUT2D eigenvalue weighted by Crippen LogP contribution is -2.56. The van der Waals surface area contributed by atoms with Crippen molar-refractivity contribution in [2.45, 2.75) is 57.2 Å². The van der Waals surface area contributed by atoms with E-state index in [1.54, 1.807) is 6.07 Å². The SMILES string of the molecule is CCNC1CC2CCCC(C1)N2c1ccc(F)c(F)c1. The summed E-state index contributed by atoms with van der Waals surface area (Å²) in [6.45, 7) is 3.13. The van der Waals surface area contributed by atoms with Crippen molar-refractivity contribution < 1.29 is 8.78 Å². The van der Waals surface area contributed by atoms with Crippen LogP contribution in [0.3, 0.4) is 0 Å². The molecule has 2 aliphatic heterocycles. The Morgan fingerprint density at radius 2 is 1.85 bits per heavy atom. The standard InChI is InChI=1S/C16H22F2N2/c1-2-19-11-8-12-4-3-5-13(9-11)20(12)14-6-7-15(17)16(18)10-14/h6-7,10-13,19H,2-5,8-9H2,1H3. The zero-order valence-electron chi connectivity index (χ0n) is 11.9. The van der Waals surface area contributed by atoms with Gasteiger partial charge >= 0.3 is 0 Å². The Hall–Kier alpha value is -1.16. The van der Waals surface area contributed by atoms with Crippen LogP contribution in [0, 0.1) is 11.6 Å². The summed E-state index contributed by atoms with van der Waals surface area (Å²) >= 11 is 0. The Bertz CT molecular complexity index is 464. The number of rotatable bonds is 3. The van der Waals surface area contributed by atoms with Gasteiger partial charge in [-0.3, -0.25) is 0 Å². The molecular weight excluding hydrogens is 258 g/mol. The third-order valence-electron chi connectivity index (χ3n) is 4.67. The van der Waals surface area contributed by atoms with E-state index in [9.17, 15) is 8.78 Å². The molecule has 0 spiro atoms. The maximum atomic E-state index is 13.5. The molecule has 2 heterocycles. The van der Waals surface area contributed by atoms with Crippen molar-refractivity contribution in [2.75, 3.05) is 11.4 Å². The van der Waals surface area contributed by atoms with Crippen LogP contribution in [0.4, 0.5) is 14.5 Å². The zero-order valence-corrected chi connectivity index (χ0v) is 11.9. The smallest absolute Gasteiger partial charge is 0.160 e. The van der Waals surface area contributed by atoms with Crippen molar-refractivity contribution in [1.29, 1.82) is 0 Å². The van der Waals surface area contributed by atoms with Crippen LogP contribution in [0.5, 0.6) is 0 Å². The second kappa shape index (κ2) is 5.68. The molecule has 0 saturated carbocycles. The Morgan fingerprint density at radius 3 is 2.45 bits per heavy atom. The predicted octanol–water partition coefficient (Wildman–Crippen LogP) is 3.46. The van der Waals surface area contributed by atoms with Gasteiger partial charge in [0.15, 0.2) is 11.6 Å². The molecule has 1 aromatic rings. The molecule has 4 heteroatoms. The van der Waals surface area contributed by atoms with Gasteiger partial charge < -0.3 is 10.2 Å². The first kappa shape index (κ1) is 13.8. The lowest BCUT2D eigenvalue weighted by molar-refractivity contribution is 0.247. The van der Waals surface area contributed by atoms with Gasteiger partial charge in [-0.15, -0.1) is 0 Å². The Labute approximate surface area is 119 Å². The molecule has 2 aliphatic rings. The minimum Gasteiger partial charge on any atom is -0.365 e. The number of fused-ring (bicyclic) bond motifs is 2. The first-order chi connectivity index (χ1) is 9.69. The van der Waals surface area contributed by atoms with Gasteiger partial charge in [0, 0.05) is 29.9 Å². The van der Waals surface area contributed by atoms with Crippen molar-refractivity contribution in [1.82, 2.24) is 5.32 Å². The van der Waals surface area contributed by atoms with Crippen LogP contribution in [0.2, 0.25) is 0 Å². The summed E-state index contributed by atoms with van der Waals surface area (Å²) in [6, 6.07) is 5.80. The topological polar surface area (TPSA) is 15.3 Å². The summed E-state index contributed by atoms with van der Waals surface area (Å²) < 4.78 is 26.6. The van der Waals surface area contributed by atoms with Crippen LogP contribution in [0.1, 0.15) is 39.0 Å². The first-order valence-electron chi connectivity index (χ1n) is 7.65. The van der Waals surface area contributed by atoms with Crippen molar-refractivity contribution in [2.24, 2.45) is 0 Å². The number of hydrogen-bond donors (Lipinski definition) is 1. The lowest BCUT2D eigenvalue weighted by Gasteiger charge is -2.50. The van der Waals surface area contributed by atoms with Gasteiger partial charge in [0.1, 0.15) is 0 Å². The second-order valence-electron chi connectivity index (χ2n) is 5.97. The largest absolute Gasteiger partial charge is 0.365 e. The van der Waals surface area contributed by atoms with Crippen LogP contribution in [0.25, 0.3) is 0 Å². The van der Waals surface area contributed by atoms with Crippen molar-refractivity contribution in [3.63, 3.8) is 0 Å². The van der Waals surface area contributed by atoms with Gasteiger partial charge in [0.25, 0.3) is 0 Å². The van der Waals surface area contributed by atoms with E-state index in [4.69, 9.17) is 0 Å². The first-order valence-corrected chi connectivity index (χ1v) is 7.65. The predicted molar refractivity (Wildman–Crippen MR) is 77.0 cm³/mol. The Kier molecular flexibility index (Phi) is 3.92. The van der Waals surface area contributed by atoms with E-state index in [0.717, 1.165) is 37.9 Å². The third kappa shape index (κ3) is 2.53. The molecule has 0 aromatic heterocycles. The summed E-state index contributed by atoms with van der Waals surface area (Å²) in [5.41, 5.74) is 0.841. The minimum absolute atomic E-state index is 0.455. The molecule has 2 bridgehead atoms.